The lowest BCUT2D eigenvalue weighted by Gasteiger charge is -2.59. The molecule has 1 amide bonds. The van der Waals surface area contributed by atoms with Crippen molar-refractivity contribution in [1.29, 1.82) is 0 Å². The van der Waals surface area contributed by atoms with Gasteiger partial charge in [-0.05, 0) is 84.6 Å². The third-order valence-corrected chi connectivity index (χ3v) is 11.5. The van der Waals surface area contributed by atoms with Gasteiger partial charge in [-0.15, -0.1) is 6.58 Å². The summed E-state index contributed by atoms with van der Waals surface area (Å²) in [6, 6.07) is 19.7. The summed E-state index contributed by atoms with van der Waals surface area (Å²) >= 11 is 0. The Morgan fingerprint density at radius 3 is 2.50 bits per heavy atom. The second-order valence-electron chi connectivity index (χ2n) is 14.8. The van der Waals surface area contributed by atoms with Crippen molar-refractivity contribution in [2.75, 3.05) is 33.7 Å². The molecule has 2 heterocycles. The quantitative estimate of drug-likeness (QED) is 0.0730. The third-order valence-electron chi connectivity index (χ3n) is 11.5. The van der Waals surface area contributed by atoms with E-state index in [0.29, 0.717) is 35.8 Å². The molecular formula is C44H52N2O10. The van der Waals surface area contributed by atoms with E-state index < -0.39 is 23.8 Å². The summed E-state index contributed by atoms with van der Waals surface area (Å²) in [6.07, 6.45) is 8.07. The van der Waals surface area contributed by atoms with E-state index in [4.69, 9.17) is 33.7 Å². The molecule has 12 heteroatoms. The Balaban J connectivity index is 1.42. The van der Waals surface area contributed by atoms with E-state index in [1.165, 1.54) is 7.11 Å². The van der Waals surface area contributed by atoms with Gasteiger partial charge in [0.1, 0.15) is 24.1 Å². The molecule has 7 rings (SSSR count). The monoisotopic (exact) mass is 768 g/mol. The van der Waals surface area contributed by atoms with E-state index in [-0.39, 0.29) is 69.7 Å². The van der Waals surface area contributed by atoms with Gasteiger partial charge < -0.3 is 43.8 Å². The summed E-state index contributed by atoms with van der Waals surface area (Å²) in [4.78, 5) is 22.0. The number of aliphatic hydroxyl groups is 2. The van der Waals surface area contributed by atoms with Gasteiger partial charge in [-0.3, -0.25) is 4.90 Å². The maximum atomic E-state index is 14.2. The van der Waals surface area contributed by atoms with Crippen molar-refractivity contribution in [2.24, 2.45) is 22.9 Å². The minimum absolute atomic E-state index is 0.0239. The first-order chi connectivity index (χ1) is 27.4. The van der Waals surface area contributed by atoms with Crippen LogP contribution in [0.1, 0.15) is 67.6 Å². The van der Waals surface area contributed by atoms with Gasteiger partial charge in [0.2, 0.25) is 12.6 Å². The number of phenolic OH excluding ortho intramolecular Hbond substituents is 1. The number of methoxy groups -OCH3 is 1. The van der Waals surface area contributed by atoms with Crippen LogP contribution in [0, 0.1) is 17.8 Å². The molecule has 6 unspecified atom stereocenters. The number of hydrogen-bond donors (Lipinski definition) is 3. The normalized spacial score (nSPS) is 25.0. The first-order valence-electron chi connectivity index (χ1n) is 19.6. The molecule has 4 aliphatic rings. The molecular weight excluding hydrogens is 716 g/mol. The van der Waals surface area contributed by atoms with Gasteiger partial charge in [0, 0.05) is 37.7 Å². The molecule has 3 aromatic carbocycles. The number of phenols is 1. The molecule has 2 aliphatic carbocycles. The second kappa shape index (κ2) is 17.8. The highest BCUT2D eigenvalue weighted by Crippen LogP contribution is 2.62. The molecule has 0 bridgehead atoms. The average molecular weight is 769 g/mol. The van der Waals surface area contributed by atoms with Crippen LogP contribution in [0.2, 0.25) is 0 Å². The molecule has 2 aliphatic heterocycles. The second-order valence-corrected chi connectivity index (χ2v) is 14.8. The number of allylic oxidation sites excluding steroid dienone is 1. The maximum Gasteiger partial charge on any atom is 0.410 e. The van der Waals surface area contributed by atoms with Crippen LogP contribution >= 0.6 is 0 Å². The number of rotatable bonds is 17. The molecule has 56 heavy (non-hydrogen) atoms. The molecule has 3 aromatic rings. The standard InChI is InChI=1S/C44H52N2O10/c1-3-21-54-44-40(46(43(50)51-2)26-30-15-17-38-39(22-30)53-28-52-38)25-36(45-55-27-29-11-5-4-6-12-29)34-23-31(13-7-9-19-47)33(14-8-10-20-48)41(42(34)44)35-24-32(49)16-18-37(35)56-44/h3-6,11-12,15-18,22-24,31,33,40-42,47-49H,1,7-10,13-14,19-21,25-28H2,2H3. The maximum absolute atomic E-state index is 14.2. The van der Waals surface area contributed by atoms with E-state index in [9.17, 15) is 20.1 Å². The predicted molar refractivity (Wildman–Crippen MR) is 208 cm³/mol. The smallest absolute Gasteiger partial charge is 0.410 e. The van der Waals surface area contributed by atoms with E-state index in [1.54, 1.807) is 29.2 Å². The average Bonchev–Trinajstić information content (AvgIpc) is 3.69. The van der Waals surface area contributed by atoms with Crippen LogP contribution in [-0.2, 0) is 27.5 Å². The van der Waals surface area contributed by atoms with Crippen molar-refractivity contribution in [1.82, 2.24) is 4.90 Å². The summed E-state index contributed by atoms with van der Waals surface area (Å²) in [7, 11) is 1.36. The lowest BCUT2D eigenvalue weighted by Crippen LogP contribution is -2.70. The first kappa shape index (κ1) is 39.2. The van der Waals surface area contributed by atoms with E-state index >= 15 is 0 Å². The number of ether oxygens (including phenoxy) is 5. The lowest BCUT2D eigenvalue weighted by atomic mass is 9.55. The van der Waals surface area contributed by atoms with Crippen molar-refractivity contribution >= 4 is 11.8 Å². The number of benzene rings is 3. The van der Waals surface area contributed by atoms with Crippen molar-refractivity contribution in [3.8, 4) is 23.0 Å². The van der Waals surface area contributed by atoms with E-state index in [1.807, 2.05) is 48.5 Å². The Bertz CT molecular complexity index is 1900. The van der Waals surface area contributed by atoms with Crippen molar-refractivity contribution in [3.05, 3.63) is 108 Å². The number of fused-ring (bicyclic) bond motifs is 3. The highest BCUT2D eigenvalue weighted by atomic mass is 16.7. The number of oxime groups is 1. The van der Waals surface area contributed by atoms with Gasteiger partial charge in [-0.2, -0.15) is 0 Å². The van der Waals surface area contributed by atoms with Gasteiger partial charge in [0.15, 0.2) is 11.5 Å². The molecule has 12 nitrogen and oxygen atoms in total. The van der Waals surface area contributed by atoms with Crippen LogP contribution in [0.15, 0.2) is 96.2 Å². The number of carbonyl (C=O) groups is 1. The van der Waals surface area contributed by atoms with Crippen LogP contribution in [0.3, 0.4) is 0 Å². The topological polar surface area (TPSA) is 149 Å². The van der Waals surface area contributed by atoms with Gasteiger partial charge in [0.25, 0.3) is 0 Å². The fraction of sp³-hybridized carbons (Fsp3) is 0.455. The van der Waals surface area contributed by atoms with Crippen LogP contribution in [0.5, 0.6) is 23.0 Å². The Kier molecular flexibility index (Phi) is 12.5. The summed E-state index contributed by atoms with van der Waals surface area (Å²) in [5.41, 5.74) is 4.14. The Morgan fingerprint density at radius 1 is 0.964 bits per heavy atom. The number of carbonyl (C=O) groups excluding carboxylic acids is 1. The summed E-state index contributed by atoms with van der Waals surface area (Å²) in [5.74, 6) is -0.296. The van der Waals surface area contributed by atoms with Crippen molar-refractivity contribution in [2.45, 2.75) is 75.8 Å². The number of aromatic hydroxyl groups is 1. The minimum atomic E-state index is -1.47. The zero-order valence-corrected chi connectivity index (χ0v) is 31.9. The van der Waals surface area contributed by atoms with E-state index in [0.717, 1.165) is 47.9 Å². The van der Waals surface area contributed by atoms with Gasteiger partial charge in [-0.1, -0.05) is 66.5 Å². The zero-order chi connectivity index (χ0) is 39.1. The molecule has 298 valence electrons. The lowest BCUT2D eigenvalue weighted by molar-refractivity contribution is -0.256. The van der Waals surface area contributed by atoms with Crippen molar-refractivity contribution in [3.63, 3.8) is 0 Å². The highest BCUT2D eigenvalue weighted by molar-refractivity contribution is 6.03. The third kappa shape index (κ3) is 7.96. The molecule has 1 saturated carbocycles. The fourth-order valence-corrected chi connectivity index (χ4v) is 9.07. The first-order valence-corrected chi connectivity index (χ1v) is 19.6. The number of amides is 1. The molecule has 0 saturated heterocycles. The van der Waals surface area contributed by atoms with Gasteiger partial charge >= 0.3 is 6.09 Å². The van der Waals surface area contributed by atoms with Crippen LogP contribution in [0.4, 0.5) is 4.79 Å². The predicted octanol–water partition coefficient (Wildman–Crippen LogP) is 7.22. The summed E-state index contributed by atoms with van der Waals surface area (Å²) < 4.78 is 30.9. The van der Waals surface area contributed by atoms with Gasteiger partial charge in [-0.25, -0.2) is 4.79 Å². The molecule has 1 fully saturated rings. The molecule has 0 aromatic heterocycles. The zero-order valence-electron chi connectivity index (χ0n) is 31.9. The Morgan fingerprint density at radius 2 is 1.73 bits per heavy atom. The number of hydrogen-bond acceptors (Lipinski definition) is 11. The van der Waals surface area contributed by atoms with Gasteiger partial charge in [0.05, 0.1) is 25.3 Å². The minimum Gasteiger partial charge on any atom is -0.508 e. The molecule has 0 radical (unpaired) electrons. The van der Waals surface area contributed by atoms with Crippen LogP contribution in [0.25, 0.3) is 0 Å². The Hall–Kier alpha value is -5.04. The van der Waals surface area contributed by atoms with Crippen molar-refractivity contribution < 1.29 is 48.6 Å². The summed E-state index contributed by atoms with van der Waals surface area (Å²) in [6.45, 7) is 4.76. The van der Waals surface area contributed by atoms with E-state index in [2.05, 4.69) is 12.7 Å². The van der Waals surface area contributed by atoms with Crippen LogP contribution in [-0.4, -0.2) is 77.6 Å². The highest BCUT2D eigenvalue weighted by Gasteiger charge is 2.65. The number of nitrogens with zero attached hydrogens (tertiary/aromatic N) is 2. The number of unbranched alkanes of at least 4 members (excludes halogenated alkanes) is 2. The largest absolute Gasteiger partial charge is 0.508 e. The summed E-state index contributed by atoms with van der Waals surface area (Å²) in [5, 5.41) is 35.5. The molecule has 0 spiro atoms. The fourth-order valence-electron chi connectivity index (χ4n) is 9.07. The number of aliphatic hydroxyl groups excluding tert-OH is 2. The Labute approximate surface area is 327 Å². The van der Waals surface area contributed by atoms with Crippen LogP contribution < -0.4 is 14.2 Å². The SMILES string of the molecule is C=CCOC12Oc3ccc(O)cc3C3C(CCCCO)C(CCCCO)C=C(C(=NOCc4ccccc4)CC1N(Cc1ccc4c(c1)OCO4)C(=O)OC)C32. The molecule has 6 atom stereocenters. The molecule has 3 N–H and O–H groups in total.